The normalized spacial score (nSPS) is 12.6. The number of carbonyl (C=O) groups is 1. The highest BCUT2D eigenvalue weighted by Gasteiger charge is 2.06. The van der Waals surface area contributed by atoms with Gasteiger partial charge in [-0.05, 0) is 29.1 Å². The summed E-state index contributed by atoms with van der Waals surface area (Å²) in [6.45, 7) is 2.96. The predicted molar refractivity (Wildman–Crippen MR) is 58.7 cm³/mol. The lowest BCUT2D eigenvalue weighted by molar-refractivity contribution is -0.129. The number of aromatic amines is 1. The molecule has 0 aliphatic heterocycles. The van der Waals surface area contributed by atoms with E-state index in [2.05, 4.69) is 17.1 Å². The maximum absolute atomic E-state index is 10.1. The van der Waals surface area contributed by atoms with Crippen LogP contribution in [0.1, 0.15) is 18.4 Å². The number of rotatable bonds is 4. The van der Waals surface area contributed by atoms with Crippen LogP contribution in [0.2, 0.25) is 0 Å². The van der Waals surface area contributed by atoms with Crippen LogP contribution >= 0.6 is 0 Å². The number of H-pyrrole nitrogens is 1. The summed E-state index contributed by atoms with van der Waals surface area (Å²) in [6, 6.07) is 8.25. The van der Waals surface area contributed by atoms with E-state index in [9.17, 15) is 4.79 Å². The molecule has 0 saturated heterocycles. The molecule has 0 radical (unpaired) electrons. The molecule has 1 heterocycles. The summed E-state index contributed by atoms with van der Waals surface area (Å²) in [7, 11) is 0. The van der Waals surface area contributed by atoms with Crippen LogP contribution in [0.3, 0.4) is 0 Å². The van der Waals surface area contributed by atoms with Crippen LogP contribution in [-0.2, 0) is 9.53 Å². The van der Waals surface area contributed by atoms with Gasteiger partial charge in [0.15, 0.2) is 0 Å². The molecule has 1 atom stereocenters. The number of fused-ring (bicyclic) bond motifs is 1. The Morgan fingerprint density at radius 1 is 1.47 bits per heavy atom. The summed E-state index contributed by atoms with van der Waals surface area (Å²) in [5.74, 6) is 0.231. The van der Waals surface area contributed by atoms with E-state index in [1.807, 2.05) is 25.3 Å². The van der Waals surface area contributed by atoms with E-state index >= 15 is 0 Å². The molecule has 2 rings (SSSR count). The Morgan fingerprint density at radius 2 is 2.33 bits per heavy atom. The Labute approximate surface area is 88.1 Å². The van der Waals surface area contributed by atoms with Gasteiger partial charge in [-0.15, -0.1) is 0 Å². The van der Waals surface area contributed by atoms with E-state index in [-0.39, 0.29) is 5.92 Å². The minimum Gasteiger partial charge on any atom is -0.467 e. The van der Waals surface area contributed by atoms with E-state index in [4.69, 9.17) is 4.74 Å². The highest BCUT2D eigenvalue weighted by molar-refractivity contribution is 5.80. The highest BCUT2D eigenvalue weighted by atomic mass is 16.5. The third-order valence-corrected chi connectivity index (χ3v) is 2.56. The lowest BCUT2D eigenvalue weighted by Gasteiger charge is -2.10. The van der Waals surface area contributed by atoms with Gasteiger partial charge in [0.25, 0.3) is 6.47 Å². The second kappa shape index (κ2) is 4.17. The van der Waals surface area contributed by atoms with Crippen molar-refractivity contribution in [1.29, 1.82) is 0 Å². The quantitative estimate of drug-likeness (QED) is 0.775. The Morgan fingerprint density at radius 3 is 3.13 bits per heavy atom. The first kappa shape index (κ1) is 9.77. The van der Waals surface area contributed by atoms with Gasteiger partial charge in [-0.3, -0.25) is 4.79 Å². The molecular formula is C12H13NO2. The molecule has 0 spiro atoms. The SMILES string of the molecule is CC(COC=O)c1ccc2[nH]ccc2c1. The van der Waals surface area contributed by atoms with Crippen molar-refractivity contribution in [2.45, 2.75) is 12.8 Å². The molecule has 2 aromatic rings. The number of hydrogen-bond donors (Lipinski definition) is 1. The molecule has 1 N–H and O–H groups in total. The third kappa shape index (κ3) is 2.01. The fraction of sp³-hybridized carbons (Fsp3) is 0.250. The zero-order valence-corrected chi connectivity index (χ0v) is 8.57. The maximum Gasteiger partial charge on any atom is 0.293 e. The molecule has 1 aromatic heterocycles. The molecule has 3 heteroatoms. The Balaban J connectivity index is 2.23. The first-order valence-electron chi connectivity index (χ1n) is 4.93. The van der Waals surface area contributed by atoms with Gasteiger partial charge in [-0.2, -0.15) is 0 Å². The monoisotopic (exact) mass is 203 g/mol. The van der Waals surface area contributed by atoms with Gasteiger partial charge in [0.2, 0.25) is 0 Å². The summed E-state index contributed by atoms with van der Waals surface area (Å²) < 4.78 is 4.75. The number of aromatic nitrogens is 1. The van der Waals surface area contributed by atoms with Gasteiger partial charge >= 0.3 is 0 Å². The standard InChI is InChI=1S/C12H13NO2/c1-9(7-15-8-14)10-2-3-12-11(6-10)4-5-13-12/h2-6,8-9,13H,7H2,1H3. The van der Waals surface area contributed by atoms with Crippen molar-refractivity contribution >= 4 is 17.4 Å². The Kier molecular flexibility index (Phi) is 2.72. The summed E-state index contributed by atoms with van der Waals surface area (Å²) in [6.07, 6.45) is 1.92. The number of hydrogen-bond acceptors (Lipinski definition) is 2. The van der Waals surface area contributed by atoms with E-state index in [0.717, 1.165) is 5.52 Å². The van der Waals surface area contributed by atoms with Crippen molar-refractivity contribution < 1.29 is 9.53 Å². The molecule has 3 nitrogen and oxygen atoms in total. The number of nitrogens with one attached hydrogen (secondary N) is 1. The zero-order valence-electron chi connectivity index (χ0n) is 8.57. The van der Waals surface area contributed by atoms with Gasteiger partial charge in [0.05, 0.1) is 6.61 Å². The highest BCUT2D eigenvalue weighted by Crippen LogP contribution is 2.20. The van der Waals surface area contributed by atoms with Crippen LogP contribution in [-0.4, -0.2) is 18.1 Å². The van der Waals surface area contributed by atoms with Crippen LogP contribution in [0.5, 0.6) is 0 Å². The summed E-state index contributed by atoms with van der Waals surface area (Å²) >= 11 is 0. The van der Waals surface area contributed by atoms with Crippen molar-refractivity contribution in [2.24, 2.45) is 0 Å². The van der Waals surface area contributed by atoms with Gasteiger partial charge in [-0.25, -0.2) is 0 Å². The number of carbonyl (C=O) groups excluding carboxylic acids is 1. The zero-order chi connectivity index (χ0) is 10.7. The second-order valence-corrected chi connectivity index (χ2v) is 3.65. The van der Waals surface area contributed by atoms with Crippen LogP contribution in [0.4, 0.5) is 0 Å². The number of ether oxygens (including phenoxy) is 1. The molecular weight excluding hydrogens is 190 g/mol. The van der Waals surface area contributed by atoms with Crippen LogP contribution < -0.4 is 0 Å². The third-order valence-electron chi connectivity index (χ3n) is 2.56. The van der Waals surface area contributed by atoms with Crippen LogP contribution in [0.25, 0.3) is 10.9 Å². The van der Waals surface area contributed by atoms with Crippen LogP contribution in [0.15, 0.2) is 30.5 Å². The molecule has 78 valence electrons. The Bertz CT molecular complexity index is 461. The number of benzene rings is 1. The molecule has 0 bridgehead atoms. The molecule has 1 unspecified atom stereocenters. The fourth-order valence-electron chi connectivity index (χ4n) is 1.66. The molecule has 0 saturated carbocycles. The van der Waals surface area contributed by atoms with Gasteiger partial charge < -0.3 is 9.72 Å². The summed E-state index contributed by atoms with van der Waals surface area (Å²) in [5.41, 5.74) is 2.31. The minimum absolute atomic E-state index is 0.231. The smallest absolute Gasteiger partial charge is 0.293 e. The average molecular weight is 203 g/mol. The largest absolute Gasteiger partial charge is 0.467 e. The minimum atomic E-state index is 0.231. The molecule has 1 aromatic carbocycles. The van der Waals surface area contributed by atoms with Crippen molar-refractivity contribution in [3.05, 3.63) is 36.0 Å². The van der Waals surface area contributed by atoms with Gasteiger partial charge in [0, 0.05) is 17.6 Å². The van der Waals surface area contributed by atoms with E-state index < -0.39 is 0 Å². The lowest BCUT2D eigenvalue weighted by Crippen LogP contribution is -2.02. The molecule has 0 amide bonds. The fourth-order valence-corrected chi connectivity index (χ4v) is 1.66. The average Bonchev–Trinajstić information content (AvgIpc) is 2.72. The summed E-state index contributed by atoms with van der Waals surface area (Å²) in [4.78, 5) is 13.2. The van der Waals surface area contributed by atoms with E-state index in [1.165, 1.54) is 10.9 Å². The van der Waals surface area contributed by atoms with Gasteiger partial charge in [0.1, 0.15) is 0 Å². The molecule has 0 aliphatic rings. The van der Waals surface area contributed by atoms with Crippen molar-refractivity contribution in [1.82, 2.24) is 4.98 Å². The van der Waals surface area contributed by atoms with E-state index in [1.54, 1.807) is 0 Å². The summed E-state index contributed by atoms with van der Waals surface area (Å²) in [5, 5.41) is 1.19. The van der Waals surface area contributed by atoms with Crippen molar-refractivity contribution in [3.63, 3.8) is 0 Å². The first-order chi connectivity index (χ1) is 7.31. The molecule has 0 aliphatic carbocycles. The maximum atomic E-state index is 10.1. The second-order valence-electron chi connectivity index (χ2n) is 3.65. The predicted octanol–water partition coefficient (Wildman–Crippen LogP) is 2.44. The van der Waals surface area contributed by atoms with E-state index in [0.29, 0.717) is 13.1 Å². The topological polar surface area (TPSA) is 42.1 Å². The van der Waals surface area contributed by atoms with Crippen molar-refractivity contribution in [3.8, 4) is 0 Å². The van der Waals surface area contributed by atoms with Crippen molar-refractivity contribution in [2.75, 3.05) is 6.61 Å². The van der Waals surface area contributed by atoms with Gasteiger partial charge in [-0.1, -0.05) is 13.0 Å². The first-order valence-corrected chi connectivity index (χ1v) is 4.93. The molecule has 15 heavy (non-hydrogen) atoms. The lowest BCUT2D eigenvalue weighted by atomic mass is 10.0. The molecule has 0 fully saturated rings. The van der Waals surface area contributed by atoms with Crippen LogP contribution in [0, 0.1) is 0 Å². The Hall–Kier alpha value is -1.77.